The Bertz CT molecular complexity index is 332. The molecule has 0 spiro atoms. The highest BCUT2D eigenvalue weighted by Crippen LogP contribution is 2.20. The average Bonchev–Trinajstić information content (AvgIpc) is 2.73. The highest BCUT2D eigenvalue weighted by Gasteiger charge is 2.16. The molecule has 1 aliphatic rings. The summed E-state index contributed by atoms with van der Waals surface area (Å²) in [5.74, 6) is 1.44. The molecule has 2 N–H and O–H groups in total. The zero-order valence-electron chi connectivity index (χ0n) is 9.03. The molecule has 0 aromatic heterocycles. The Kier molecular flexibility index (Phi) is 3.11. The molecule has 82 valence electrons. The quantitative estimate of drug-likeness (QED) is 0.771. The predicted molar refractivity (Wildman–Crippen MR) is 60.0 cm³/mol. The summed E-state index contributed by atoms with van der Waals surface area (Å²) in [7, 11) is 0. The van der Waals surface area contributed by atoms with E-state index in [-0.39, 0.29) is 0 Å². The Labute approximate surface area is 90.2 Å². The van der Waals surface area contributed by atoms with Gasteiger partial charge >= 0.3 is 0 Å². The second-order valence-corrected chi connectivity index (χ2v) is 4.06. The van der Waals surface area contributed by atoms with E-state index in [4.69, 9.17) is 15.2 Å². The van der Waals surface area contributed by atoms with Crippen LogP contribution in [0.15, 0.2) is 18.2 Å². The number of aryl methyl sites for hydroxylation is 1. The van der Waals surface area contributed by atoms with E-state index >= 15 is 0 Å². The van der Waals surface area contributed by atoms with Crippen LogP contribution < -0.4 is 10.5 Å². The minimum Gasteiger partial charge on any atom is -0.493 e. The van der Waals surface area contributed by atoms with Crippen molar-refractivity contribution in [1.29, 1.82) is 0 Å². The lowest BCUT2D eigenvalue weighted by Crippen LogP contribution is -2.11. The third-order valence-corrected chi connectivity index (χ3v) is 2.75. The molecular weight excluding hydrogens is 190 g/mol. The van der Waals surface area contributed by atoms with E-state index in [0.29, 0.717) is 5.92 Å². The third-order valence-electron chi connectivity index (χ3n) is 2.75. The highest BCUT2D eigenvalue weighted by atomic mass is 16.5. The smallest absolute Gasteiger partial charge is 0.119 e. The molecule has 1 aromatic rings. The lowest BCUT2D eigenvalue weighted by Gasteiger charge is -2.11. The topological polar surface area (TPSA) is 44.5 Å². The zero-order chi connectivity index (χ0) is 10.7. The molecule has 3 heteroatoms. The van der Waals surface area contributed by atoms with Crippen LogP contribution in [0.1, 0.15) is 12.0 Å². The molecule has 0 radical (unpaired) electrons. The summed E-state index contributed by atoms with van der Waals surface area (Å²) in [6.07, 6.45) is 1.11. The van der Waals surface area contributed by atoms with Crippen molar-refractivity contribution < 1.29 is 9.47 Å². The van der Waals surface area contributed by atoms with E-state index in [1.54, 1.807) is 0 Å². The maximum absolute atomic E-state index is 5.73. The first kappa shape index (κ1) is 10.3. The number of benzene rings is 1. The van der Waals surface area contributed by atoms with Crippen LogP contribution >= 0.6 is 0 Å². The maximum atomic E-state index is 5.73. The van der Waals surface area contributed by atoms with Gasteiger partial charge in [0.15, 0.2) is 0 Å². The fourth-order valence-corrected chi connectivity index (χ4v) is 1.67. The fraction of sp³-hybridized carbons (Fsp3) is 0.500. The van der Waals surface area contributed by atoms with Crippen LogP contribution in [0.5, 0.6) is 5.75 Å². The van der Waals surface area contributed by atoms with Crippen LogP contribution in [0.3, 0.4) is 0 Å². The molecule has 0 saturated carbocycles. The summed E-state index contributed by atoms with van der Waals surface area (Å²) in [5.41, 5.74) is 7.61. The minimum absolute atomic E-state index is 0.544. The van der Waals surface area contributed by atoms with Crippen molar-refractivity contribution in [2.24, 2.45) is 5.92 Å². The monoisotopic (exact) mass is 207 g/mol. The number of nitrogen functional groups attached to an aromatic ring is 1. The first-order valence-corrected chi connectivity index (χ1v) is 5.32. The van der Waals surface area contributed by atoms with Crippen molar-refractivity contribution in [2.45, 2.75) is 13.3 Å². The van der Waals surface area contributed by atoms with Gasteiger partial charge < -0.3 is 15.2 Å². The number of ether oxygens (including phenoxy) is 2. The molecule has 0 bridgehead atoms. The molecule has 0 aliphatic carbocycles. The first-order chi connectivity index (χ1) is 7.25. The molecule has 1 aromatic carbocycles. The molecule has 1 heterocycles. The van der Waals surface area contributed by atoms with E-state index in [1.807, 2.05) is 25.1 Å². The molecule has 2 rings (SSSR count). The van der Waals surface area contributed by atoms with Crippen LogP contribution in [0, 0.1) is 12.8 Å². The largest absolute Gasteiger partial charge is 0.493 e. The van der Waals surface area contributed by atoms with Crippen molar-refractivity contribution >= 4 is 5.69 Å². The van der Waals surface area contributed by atoms with Gasteiger partial charge in [0.1, 0.15) is 5.75 Å². The lowest BCUT2D eigenvalue weighted by molar-refractivity contribution is 0.167. The van der Waals surface area contributed by atoms with Crippen LogP contribution in [-0.4, -0.2) is 19.8 Å². The van der Waals surface area contributed by atoms with Crippen LogP contribution in [0.4, 0.5) is 5.69 Å². The van der Waals surface area contributed by atoms with E-state index in [1.165, 1.54) is 0 Å². The molecule has 1 unspecified atom stereocenters. The summed E-state index contributed by atoms with van der Waals surface area (Å²) in [5, 5.41) is 0. The van der Waals surface area contributed by atoms with Gasteiger partial charge in [0, 0.05) is 18.2 Å². The molecule has 1 fully saturated rings. The van der Waals surface area contributed by atoms with Crippen molar-refractivity contribution in [2.75, 3.05) is 25.6 Å². The van der Waals surface area contributed by atoms with E-state index in [0.717, 1.165) is 43.2 Å². The van der Waals surface area contributed by atoms with E-state index in [9.17, 15) is 0 Å². The van der Waals surface area contributed by atoms with Gasteiger partial charge in [0.05, 0.1) is 13.2 Å². The standard InChI is InChI=1S/C12H17NO2/c1-9-6-11(2-3-12(9)13)15-8-10-4-5-14-7-10/h2-3,6,10H,4-5,7-8,13H2,1H3. The lowest BCUT2D eigenvalue weighted by atomic mass is 10.1. The van der Waals surface area contributed by atoms with Gasteiger partial charge in [0.2, 0.25) is 0 Å². The summed E-state index contributed by atoms with van der Waals surface area (Å²) >= 11 is 0. The second kappa shape index (κ2) is 4.53. The number of hydrogen-bond donors (Lipinski definition) is 1. The summed E-state index contributed by atoms with van der Waals surface area (Å²) in [6, 6.07) is 5.78. The van der Waals surface area contributed by atoms with Crippen LogP contribution in [0.2, 0.25) is 0 Å². The number of hydrogen-bond acceptors (Lipinski definition) is 3. The van der Waals surface area contributed by atoms with Gasteiger partial charge in [-0.3, -0.25) is 0 Å². The SMILES string of the molecule is Cc1cc(OCC2CCOC2)ccc1N. The minimum atomic E-state index is 0.544. The summed E-state index contributed by atoms with van der Waals surface area (Å²) < 4.78 is 11.0. The van der Waals surface area contributed by atoms with Gasteiger partial charge in [-0.15, -0.1) is 0 Å². The molecular formula is C12H17NO2. The van der Waals surface area contributed by atoms with Gasteiger partial charge in [-0.2, -0.15) is 0 Å². The molecule has 1 aliphatic heterocycles. The fourth-order valence-electron chi connectivity index (χ4n) is 1.67. The summed E-state index contributed by atoms with van der Waals surface area (Å²) in [6.45, 7) is 4.42. The Hall–Kier alpha value is -1.22. The third kappa shape index (κ3) is 2.63. The van der Waals surface area contributed by atoms with Crippen LogP contribution in [-0.2, 0) is 4.74 Å². The Morgan fingerprint density at radius 2 is 2.40 bits per heavy atom. The van der Waals surface area contributed by atoms with Gasteiger partial charge in [-0.1, -0.05) is 0 Å². The van der Waals surface area contributed by atoms with Crippen LogP contribution in [0.25, 0.3) is 0 Å². The van der Waals surface area contributed by atoms with E-state index in [2.05, 4.69) is 0 Å². The molecule has 1 saturated heterocycles. The number of anilines is 1. The Balaban J connectivity index is 1.90. The first-order valence-electron chi connectivity index (χ1n) is 5.32. The average molecular weight is 207 g/mol. The number of rotatable bonds is 3. The van der Waals surface area contributed by atoms with Gasteiger partial charge in [-0.25, -0.2) is 0 Å². The zero-order valence-corrected chi connectivity index (χ0v) is 9.03. The highest BCUT2D eigenvalue weighted by molar-refractivity contribution is 5.49. The van der Waals surface area contributed by atoms with Gasteiger partial charge in [0.25, 0.3) is 0 Å². The maximum Gasteiger partial charge on any atom is 0.119 e. The number of nitrogens with two attached hydrogens (primary N) is 1. The summed E-state index contributed by atoms with van der Waals surface area (Å²) in [4.78, 5) is 0. The van der Waals surface area contributed by atoms with Crippen molar-refractivity contribution in [3.63, 3.8) is 0 Å². The predicted octanol–water partition coefficient (Wildman–Crippen LogP) is 1.99. The van der Waals surface area contributed by atoms with Crippen molar-refractivity contribution in [1.82, 2.24) is 0 Å². The van der Waals surface area contributed by atoms with E-state index < -0.39 is 0 Å². The molecule has 15 heavy (non-hydrogen) atoms. The Morgan fingerprint density at radius 1 is 1.53 bits per heavy atom. The normalized spacial score (nSPS) is 20.5. The van der Waals surface area contributed by atoms with Crippen molar-refractivity contribution in [3.05, 3.63) is 23.8 Å². The molecule has 3 nitrogen and oxygen atoms in total. The Morgan fingerprint density at radius 3 is 3.07 bits per heavy atom. The second-order valence-electron chi connectivity index (χ2n) is 4.06. The van der Waals surface area contributed by atoms with Crippen molar-refractivity contribution in [3.8, 4) is 5.75 Å². The van der Waals surface area contributed by atoms with Gasteiger partial charge in [-0.05, 0) is 37.1 Å². The molecule has 1 atom stereocenters. The molecule has 0 amide bonds.